The molecule has 6 heteroatoms. The minimum absolute atomic E-state index is 0.207. The second-order valence-electron chi connectivity index (χ2n) is 7.20. The first-order chi connectivity index (χ1) is 11.8. The van der Waals surface area contributed by atoms with E-state index in [4.69, 9.17) is 4.74 Å². The highest BCUT2D eigenvalue weighted by atomic mass is 16.6. The van der Waals surface area contributed by atoms with E-state index in [1.165, 1.54) is 4.90 Å². The summed E-state index contributed by atoms with van der Waals surface area (Å²) < 4.78 is 5.42. The normalized spacial score (nSPS) is 17.6. The van der Waals surface area contributed by atoms with Crippen LogP contribution in [-0.4, -0.2) is 40.1 Å². The molecule has 1 aromatic heterocycles. The molecule has 0 radical (unpaired) electrons. The molecule has 1 aliphatic rings. The number of carbonyl (C=O) groups excluding carboxylic acids is 2. The molecule has 25 heavy (non-hydrogen) atoms. The Morgan fingerprint density at radius 3 is 2.76 bits per heavy atom. The summed E-state index contributed by atoms with van der Waals surface area (Å²) in [6.45, 7) is 5.98. The first-order valence-corrected chi connectivity index (χ1v) is 8.49. The number of aromatic nitrogens is 1. The van der Waals surface area contributed by atoms with Gasteiger partial charge in [-0.3, -0.25) is 14.7 Å². The van der Waals surface area contributed by atoms with E-state index in [-0.39, 0.29) is 5.91 Å². The van der Waals surface area contributed by atoms with Crippen LogP contribution in [0.15, 0.2) is 36.5 Å². The van der Waals surface area contributed by atoms with Gasteiger partial charge >= 0.3 is 6.09 Å². The van der Waals surface area contributed by atoms with Gasteiger partial charge in [0.05, 0.1) is 11.2 Å². The van der Waals surface area contributed by atoms with Gasteiger partial charge in [-0.05, 0) is 45.7 Å². The number of amides is 2. The summed E-state index contributed by atoms with van der Waals surface area (Å²) in [6, 6.07) is 8.92. The first kappa shape index (κ1) is 17.2. The number of anilines is 1. The Kier molecular flexibility index (Phi) is 4.61. The number of hydrogen-bond donors (Lipinski definition) is 1. The number of ether oxygens (including phenoxy) is 1. The highest BCUT2D eigenvalue weighted by Gasteiger charge is 2.36. The smallest absolute Gasteiger partial charge is 0.410 e. The minimum Gasteiger partial charge on any atom is -0.444 e. The summed E-state index contributed by atoms with van der Waals surface area (Å²) in [7, 11) is 0. The van der Waals surface area contributed by atoms with Crippen molar-refractivity contribution in [3.8, 4) is 0 Å². The summed E-state index contributed by atoms with van der Waals surface area (Å²) in [5.41, 5.74) is 0.805. The third-order valence-corrected chi connectivity index (χ3v) is 4.07. The van der Waals surface area contributed by atoms with Crippen molar-refractivity contribution in [2.24, 2.45) is 0 Å². The summed E-state index contributed by atoms with van der Waals surface area (Å²) in [5.74, 6) is -0.207. The molecule has 0 bridgehead atoms. The van der Waals surface area contributed by atoms with Gasteiger partial charge < -0.3 is 10.1 Å². The van der Waals surface area contributed by atoms with Gasteiger partial charge in [-0.1, -0.05) is 18.2 Å². The number of rotatable bonds is 2. The van der Waals surface area contributed by atoms with Crippen LogP contribution >= 0.6 is 0 Å². The van der Waals surface area contributed by atoms with Crippen molar-refractivity contribution in [2.75, 3.05) is 11.9 Å². The van der Waals surface area contributed by atoms with Crippen LogP contribution in [0.1, 0.15) is 33.6 Å². The molecule has 1 unspecified atom stereocenters. The molecule has 1 saturated heterocycles. The van der Waals surface area contributed by atoms with E-state index in [1.807, 2.05) is 51.1 Å². The summed E-state index contributed by atoms with van der Waals surface area (Å²) in [5, 5.41) is 3.88. The van der Waals surface area contributed by atoms with E-state index < -0.39 is 17.7 Å². The fraction of sp³-hybridized carbons (Fsp3) is 0.421. The molecular formula is C19H23N3O3. The standard InChI is InChI=1S/C19H23N3O3/c1-19(2,3)25-18(24)22-12-6-10-15(22)17(23)21-14-9-4-7-13-8-5-11-20-16(13)14/h4-5,7-9,11,15H,6,10,12H2,1-3H3,(H,21,23). The zero-order valence-electron chi connectivity index (χ0n) is 14.8. The molecular weight excluding hydrogens is 318 g/mol. The van der Waals surface area contributed by atoms with Crippen LogP contribution in [0.4, 0.5) is 10.5 Å². The van der Waals surface area contributed by atoms with E-state index in [2.05, 4.69) is 10.3 Å². The van der Waals surface area contributed by atoms with E-state index in [0.29, 0.717) is 18.7 Å². The van der Waals surface area contributed by atoms with Gasteiger partial charge in [0.25, 0.3) is 0 Å². The molecule has 0 saturated carbocycles. The van der Waals surface area contributed by atoms with Crippen molar-refractivity contribution < 1.29 is 14.3 Å². The third-order valence-electron chi connectivity index (χ3n) is 4.07. The fourth-order valence-electron chi connectivity index (χ4n) is 3.00. The monoisotopic (exact) mass is 341 g/mol. The Hall–Kier alpha value is -2.63. The van der Waals surface area contributed by atoms with Crippen molar-refractivity contribution in [1.82, 2.24) is 9.88 Å². The van der Waals surface area contributed by atoms with Gasteiger partial charge in [0.15, 0.2) is 0 Å². The molecule has 1 atom stereocenters. The van der Waals surface area contributed by atoms with E-state index >= 15 is 0 Å². The Morgan fingerprint density at radius 2 is 2.00 bits per heavy atom. The molecule has 1 fully saturated rings. The average Bonchev–Trinajstić information content (AvgIpc) is 3.03. The second kappa shape index (κ2) is 6.70. The second-order valence-corrected chi connectivity index (χ2v) is 7.20. The lowest BCUT2D eigenvalue weighted by Crippen LogP contribution is -2.45. The summed E-state index contributed by atoms with van der Waals surface area (Å²) in [6.07, 6.45) is 2.66. The number of benzene rings is 1. The maximum absolute atomic E-state index is 12.8. The lowest BCUT2D eigenvalue weighted by molar-refractivity contribution is -0.120. The Bertz CT molecular complexity index is 793. The van der Waals surface area contributed by atoms with Gasteiger partial charge in [0.1, 0.15) is 11.6 Å². The van der Waals surface area contributed by atoms with E-state index in [9.17, 15) is 9.59 Å². The number of carbonyl (C=O) groups is 2. The van der Waals surface area contributed by atoms with Crippen LogP contribution < -0.4 is 5.32 Å². The minimum atomic E-state index is -0.583. The third kappa shape index (κ3) is 3.90. The number of hydrogen-bond acceptors (Lipinski definition) is 4. The quantitative estimate of drug-likeness (QED) is 0.906. The lowest BCUT2D eigenvalue weighted by atomic mass is 10.1. The van der Waals surface area contributed by atoms with Crippen molar-refractivity contribution in [2.45, 2.75) is 45.3 Å². The van der Waals surface area contributed by atoms with E-state index in [1.54, 1.807) is 6.20 Å². The summed E-state index contributed by atoms with van der Waals surface area (Å²) >= 11 is 0. The van der Waals surface area contributed by atoms with E-state index in [0.717, 1.165) is 17.3 Å². The van der Waals surface area contributed by atoms with Crippen molar-refractivity contribution in [1.29, 1.82) is 0 Å². The topological polar surface area (TPSA) is 71.5 Å². The Labute approximate surface area is 147 Å². The van der Waals surface area contributed by atoms with Crippen LogP contribution in [0.3, 0.4) is 0 Å². The molecule has 2 heterocycles. The number of fused-ring (bicyclic) bond motifs is 1. The van der Waals surface area contributed by atoms with Gasteiger partial charge in [-0.15, -0.1) is 0 Å². The van der Waals surface area contributed by atoms with Crippen LogP contribution in [0, 0.1) is 0 Å². The maximum atomic E-state index is 12.8. The Morgan fingerprint density at radius 1 is 1.24 bits per heavy atom. The molecule has 1 aliphatic heterocycles. The van der Waals surface area contributed by atoms with Crippen LogP contribution in [-0.2, 0) is 9.53 Å². The number of likely N-dealkylation sites (tertiary alicyclic amines) is 1. The van der Waals surface area contributed by atoms with Crippen molar-refractivity contribution in [3.63, 3.8) is 0 Å². The molecule has 0 aliphatic carbocycles. The zero-order chi connectivity index (χ0) is 18.0. The van der Waals surface area contributed by atoms with Crippen molar-refractivity contribution in [3.05, 3.63) is 36.5 Å². The lowest BCUT2D eigenvalue weighted by Gasteiger charge is -2.28. The number of pyridine rings is 1. The highest BCUT2D eigenvalue weighted by molar-refractivity contribution is 6.03. The number of nitrogens with one attached hydrogen (secondary N) is 1. The molecule has 1 aromatic carbocycles. The maximum Gasteiger partial charge on any atom is 0.410 e. The van der Waals surface area contributed by atoms with Gasteiger partial charge in [0, 0.05) is 18.1 Å². The average molecular weight is 341 g/mol. The molecule has 2 aromatic rings. The fourth-order valence-corrected chi connectivity index (χ4v) is 3.00. The van der Waals surface area contributed by atoms with Crippen LogP contribution in [0.5, 0.6) is 0 Å². The zero-order valence-corrected chi connectivity index (χ0v) is 14.8. The SMILES string of the molecule is CC(C)(C)OC(=O)N1CCCC1C(=O)Nc1cccc2cccnc12. The molecule has 3 rings (SSSR count). The van der Waals surface area contributed by atoms with Crippen molar-refractivity contribution >= 4 is 28.6 Å². The Balaban J connectivity index is 1.77. The predicted octanol–water partition coefficient (Wildman–Crippen LogP) is 3.57. The van der Waals surface area contributed by atoms with Crippen LogP contribution in [0.2, 0.25) is 0 Å². The van der Waals surface area contributed by atoms with Gasteiger partial charge in [0.2, 0.25) is 5.91 Å². The predicted molar refractivity (Wildman–Crippen MR) is 96.3 cm³/mol. The largest absolute Gasteiger partial charge is 0.444 e. The first-order valence-electron chi connectivity index (χ1n) is 8.49. The molecule has 1 N–H and O–H groups in total. The molecule has 0 spiro atoms. The molecule has 6 nitrogen and oxygen atoms in total. The van der Waals surface area contributed by atoms with Crippen LogP contribution in [0.25, 0.3) is 10.9 Å². The molecule has 132 valence electrons. The molecule has 2 amide bonds. The van der Waals surface area contributed by atoms with Gasteiger partial charge in [-0.2, -0.15) is 0 Å². The summed E-state index contributed by atoms with van der Waals surface area (Å²) in [4.78, 5) is 31.0. The highest BCUT2D eigenvalue weighted by Crippen LogP contribution is 2.25. The van der Waals surface area contributed by atoms with Gasteiger partial charge in [-0.25, -0.2) is 4.79 Å². The number of para-hydroxylation sites is 1. The number of nitrogens with zero attached hydrogens (tertiary/aromatic N) is 2.